The third-order valence-electron chi connectivity index (χ3n) is 3.94. The molecule has 0 aliphatic carbocycles. The maximum Gasteiger partial charge on any atom is 0.0110 e. The highest BCUT2D eigenvalue weighted by Gasteiger charge is 2.20. The predicted octanol–water partition coefficient (Wildman–Crippen LogP) is 4.33. The monoisotopic (exact) mass is 233 g/mol. The maximum absolute atomic E-state index is 6.41. The molecule has 1 aromatic carbocycles. The second kappa shape index (κ2) is 7.50. The molecule has 0 fully saturated rings. The Labute approximate surface area is 106 Å². The van der Waals surface area contributed by atoms with Crippen LogP contribution in [0.3, 0.4) is 0 Å². The first kappa shape index (κ1) is 14.2. The smallest absolute Gasteiger partial charge is 0.0110 e. The number of hydrogen-bond donors (Lipinski definition) is 1. The SMILES string of the molecule is CCC(CC)CC(N)C(CC)c1ccccc1. The van der Waals surface area contributed by atoms with Crippen LogP contribution in [0.25, 0.3) is 0 Å². The molecule has 0 aliphatic rings. The van der Waals surface area contributed by atoms with Crippen LogP contribution in [0, 0.1) is 5.92 Å². The molecular formula is C16H27N. The van der Waals surface area contributed by atoms with Gasteiger partial charge >= 0.3 is 0 Å². The molecule has 1 nitrogen and oxygen atoms in total. The van der Waals surface area contributed by atoms with Gasteiger partial charge < -0.3 is 5.73 Å². The van der Waals surface area contributed by atoms with Crippen LogP contribution in [0.5, 0.6) is 0 Å². The fraction of sp³-hybridized carbons (Fsp3) is 0.625. The van der Waals surface area contributed by atoms with Gasteiger partial charge in [-0.05, 0) is 30.2 Å². The summed E-state index contributed by atoms with van der Waals surface area (Å²) < 4.78 is 0. The van der Waals surface area contributed by atoms with Gasteiger partial charge in [-0.15, -0.1) is 0 Å². The minimum atomic E-state index is 0.298. The Bertz CT molecular complexity index is 290. The topological polar surface area (TPSA) is 26.0 Å². The summed E-state index contributed by atoms with van der Waals surface area (Å²) in [4.78, 5) is 0. The van der Waals surface area contributed by atoms with Crippen LogP contribution >= 0.6 is 0 Å². The quantitative estimate of drug-likeness (QED) is 0.745. The number of rotatable bonds is 7. The van der Waals surface area contributed by atoms with Crippen LogP contribution in [-0.4, -0.2) is 6.04 Å². The van der Waals surface area contributed by atoms with Gasteiger partial charge in [0.05, 0.1) is 0 Å². The van der Waals surface area contributed by atoms with Crippen LogP contribution < -0.4 is 5.73 Å². The molecule has 1 rings (SSSR count). The summed E-state index contributed by atoms with van der Waals surface area (Å²) in [7, 11) is 0. The van der Waals surface area contributed by atoms with E-state index < -0.39 is 0 Å². The molecule has 0 heterocycles. The summed E-state index contributed by atoms with van der Waals surface area (Å²) in [6.07, 6.45) is 4.77. The second-order valence-electron chi connectivity index (χ2n) is 5.01. The summed E-state index contributed by atoms with van der Waals surface area (Å²) in [6, 6.07) is 11.0. The van der Waals surface area contributed by atoms with E-state index in [0.717, 1.165) is 18.8 Å². The predicted molar refractivity (Wildman–Crippen MR) is 76.1 cm³/mol. The molecule has 2 atom stereocenters. The van der Waals surface area contributed by atoms with Gasteiger partial charge in [-0.3, -0.25) is 0 Å². The van der Waals surface area contributed by atoms with Crippen LogP contribution in [0.4, 0.5) is 0 Å². The van der Waals surface area contributed by atoms with E-state index in [2.05, 4.69) is 51.1 Å². The van der Waals surface area contributed by atoms with Crippen LogP contribution in [0.1, 0.15) is 57.9 Å². The van der Waals surface area contributed by atoms with Gasteiger partial charge in [0, 0.05) is 6.04 Å². The van der Waals surface area contributed by atoms with Crippen molar-refractivity contribution in [3.8, 4) is 0 Å². The largest absolute Gasteiger partial charge is 0.327 e. The molecule has 0 aliphatic heterocycles. The van der Waals surface area contributed by atoms with E-state index in [1.54, 1.807) is 0 Å². The zero-order valence-electron chi connectivity index (χ0n) is 11.5. The number of benzene rings is 1. The van der Waals surface area contributed by atoms with Crippen molar-refractivity contribution in [1.82, 2.24) is 0 Å². The van der Waals surface area contributed by atoms with Crippen molar-refractivity contribution in [2.75, 3.05) is 0 Å². The minimum Gasteiger partial charge on any atom is -0.327 e. The Morgan fingerprint density at radius 3 is 2.00 bits per heavy atom. The van der Waals surface area contributed by atoms with E-state index in [0.29, 0.717) is 12.0 Å². The highest BCUT2D eigenvalue weighted by Crippen LogP contribution is 2.27. The lowest BCUT2D eigenvalue weighted by Gasteiger charge is -2.26. The summed E-state index contributed by atoms with van der Waals surface area (Å²) in [5.74, 6) is 1.29. The molecule has 2 unspecified atom stereocenters. The number of nitrogens with two attached hydrogens (primary N) is 1. The first-order chi connectivity index (χ1) is 8.22. The average Bonchev–Trinajstić information content (AvgIpc) is 2.38. The van der Waals surface area contributed by atoms with Crippen molar-refractivity contribution in [1.29, 1.82) is 0 Å². The fourth-order valence-electron chi connectivity index (χ4n) is 2.66. The van der Waals surface area contributed by atoms with Crippen LogP contribution in [-0.2, 0) is 0 Å². The average molecular weight is 233 g/mol. The van der Waals surface area contributed by atoms with E-state index >= 15 is 0 Å². The van der Waals surface area contributed by atoms with E-state index in [1.807, 2.05) is 0 Å². The molecule has 0 aromatic heterocycles. The summed E-state index contributed by atoms with van der Waals surface area (Å²) in [5.41, 5.74) is 7.81. The van der Waals surface area contributed by atoms with Crippen molar-refractivity contribution < 1.29 is 0 Å². The minimum absolute atomic E-state index is 0.298. The van der Waals surface area contributed by atoms with E-state index in [4.69, 9.17) is 5.73 Å². The Morgan fingerprint density at radius 1 is 0.941 bits per heavy atom. The zero-order chi connectivity index (χ0) is 12.7. The van der Waals surface area contributed by atoms with E-state index in [-0.39, 0.29) is 0 Å². The van der Waals surface area contributed by atoms with Crippen molar-refractivity contribution in [3.05, 3.63) is 35.9 Å². The first-order valence-electron chi connectivity index (χ1n) is 7.03. The molecule has 0 saturated carbocycles. The molecular weight excluding hydrogens is 206 g/mol. The van der Waals surface area contributed by atoms with Crippen molar-refractivity contribution in [2.45, 2.75) is 58.4 Å². The highest BCUT2D eigenvalue weighted by molar-refractivity contribution is 5.21. The summed E-state index contributed by atoms with van der Waals surface area (Å²) in [6.45, 7) is 6.78. The van der Waals surface area contributed by atoms with Crippen LogP contribution in [0.15, 0.2) is 30.3 Å². The van der Waals surface area contributed by atoms with Gasteiger partial charge in [-0.1, -0.05) is 63.9 Å². The van der Waals surface area contributed by atoms with Gasteiger partial charge in [0.15, 0.2) is 0 Å². The molecule has 0 radical (unpaired) electrons. The van der Waals surface area contributed by atoms with Crippen molar-refractivity contribution in [2.24, 2.45) is 11.7 Å². The third-order valence-corrected chi connectivity index (χ3v) is 3.94. The second-order valence-corrected chi connectivity index (χ2v) is 5.01. The lowest BCUT2D eigenvalue weighted by molar-refractivity contribution is 0.370. The molecule has 1 aromatic rings. The van der Waals surface area contributed by atoms with Gasteiger partial charge in [-0.2, -0.15) is 0 Å². The molecule has 0 bridgehead atoms. The van der Waals surface area contributed by atoms with Crippen molar-refractivity contribution >= 4 is 0 Å². The normalized spacial score (nSPS) is 14.9. The summed E-state index contributed by atoms with van der Waals surface area (Å²) in [5, 5.41) is 0. The Hall–Kier alpha value is -0.820. The standard InChI is InChI=1S/C16H27N/c1-4-13(5-2)12-16(17)15(6-3)14-10-8-7-9-11-14/h7-11,13,15-16H,4-6,12,17H2,1-3H3. The lowest BCUT2D eigenvalue weighted by atomic mass is 9.83. The summed E-state index contributed by atoms with van der Waals surface area (Å²) >= 11 is 0. The van der Waals surface area contributed by atoms with Gasteiger partial charge in [0.25, 0.3) is 0 Å². The molecule has 0 amide bonds. The highest BCUT2D eigenvalue weighted by atomic mass is 14.6. The van der Waals surface area contributed by atoms with Gasteiger partial charge in [0.1, 0.15) is 0 Å². The van der Waals surface area contributed by atoms with E-state index in [1.165, 1.54) is 18.4 Å². The van der Waals surface area contributed by atoms with Crippen molar-refractivity contribution in [3.63, 3.8) is 0 Å². The Kier molecular flexibility index (Phi) is 6.28. The maximum atomic E-state index is 6.41. The number of hydrogen-bond acceptors (Lipinski definition) is 1. The third kappa shape index (κ3) is 4.16. The lowest BCUT2D eigenvalue weighted by Crippen LogP contribution is -2.30. The molecule has 0 spiro atoms. The zero-order valence-corrected chi connectivity index (χ0v) is 11.5. The molecule has 17 heavy (non-hydrogen) atoms. The molecule has 0 saturated heterocycles. The molecule has 96 valence electrons. The molecule has 2 N–H and O–H groups in total. The fourth-order valence-corrected chi connectivity index (χ4v) is 2.66. The first-order valence-corrected chi connectivity index (χ1v) is 7.03. The van der Waals surface area contributed by atoms with Gasteiger partial charge in [-0.25, -0.2) is 0 Å². The van der Waals surface area contributed by atoms with Gasteiger partial charge in [0.2, 0.25) is 0 Å². The Morgan fingerprint density at radius 2 is 1.53 bits per heavy atom. The van der Waals surface area contributed by atoms with Crippen LogP contribution in [0.2, 0.25) is 0 Å². The van der Waals surface area contributed by atoms with E-state index in [9.17, 15) is 0 Å². The Balaban J connectivity index is 2.67. The molecule has 1 heteroatoms.